The maximum absolute atomic E-state index is 11.2. The Morgan fingerprint density at radius 1 is 1.00 bits per heavy atom. The van der Waals surface area contributed by atoms with E-state index in [1.807, 2.05) is 18.2 Å². The summed E-state index contributed by atoms with van der Waals surface area (Å²) in [6, 6.07) is 10.3. The van der Waals surface area contributed by atoms with Gasteiger partial charge in [0.2, 0.25) is 9.05 Å². The lowest BCUT2D eigenvalue weighted by Crippen LogP contribution is -2.23. The summed E-state index contributed by atoms with van der Waals surface area (Å²) in [7, 11) is 2.02. The Labute approximate surface area is 101 Å². The van der Waals surface area contributed by atoms with Crippen molar-refractivity contribution in [1.29, 1.82) is 0 Å². The summed E-state index contributed by atoms with van der Waals surface area (Å²) in [5.74, 6) is 0.496. The highest BCUT2D eigenvalue weighted by atomic mass is 35.7. The van der Waals surface area contributed by atoms with Gasteiger partial charge in [-0.25, -0.2) is 8.42 Å². The highest BCUT2D eigenvalue weighted by Gasteiger charge is 2.29. The molecule has 1 saturated carbocycles. The molecule has 1 aliphatic rings. The van der Waals surface area contributed by atoms with Gasteiger partial charge in [0.15, 0.2) is 0 Å². The first kappa shape index (κ1) is 11.9. The second-order valence-electron chi connectivity index (χ2n) is 4.36. The van der Waals surface area contributed by atoms with Crippen molar-refractivity contribution >= 4 is 19.7 Å². The van der Waals surface area contributed by atoms with Gasteiger partial charge < -0.3 is 0 Å². The van der Waals surface area contributed by atoms with Gasteiger partial charge in [-0.1, -0.05) is 30.3 Å². The Morgan fingerprint density at radius 2 is 1.56 bits per heavy atom. The van der Waals surface area contributed by atoms with E-state index in [4.69, 9.17) is 10.7 Å². The van der Waals surface area contributed by atoms with E-state index in [9.17, 15) is 8.42 Å². The standard InChI is InChI=1S/C12H15ClO2S/c13-16(14,15)12-8-6-11(7-9-12)10-4-2-1-3-5-10/h1-5,11-12H,6-9H2. The summed E-state index contributed by atoms with van der Waals surface area (Å²) in [6.45, 7) is 0. The van der Waals surface area contributed by atoms with E-state index in [1.54, 1.807) is 0 Å². The molecule has 2 nitrogen and oxygen atoms in total. The van der Waals surface area contributed by atoms with Crippen LogP contribution in [0.5, 0.6) is 0 Å². The predicted octanol–water partition coefficient (Wildman–Crippen LogP) is 3.28. The summed E-state index contributed by atoms with van der Waals surface area (Å²) in [5.41, 5.74) is 1.31. The average molecular weight is 259 g/mol. The van der Waals surface area contributed by atoms with E-state index in [1.165, 1.54) is 5.56 Å². The van der Waals surface area contributed by atoms with Gasteiger partial charge in [-0.2, -0.15) is 0 Å². The van der Waals surface area contributed by atoms with E-state index in [-0.39, 0.29) is 5.25 Å². The van der Waals surface area contributed by atoms with Crippen molar-refractivity contribution in [2.75, 3.05) is 0 Å². The van der Waals surface area contributed by atoms with Crippen LogP contribution < -0.4 is 0 Å². The van der Waals surface area contributed by atoms with E-state index in [2.05, 4.69) is 12.1 Å². The first-order chi connectivity index (χ1) is 7.57. The van der Waals surface area contributed by atoms with Crippen molar-refractivity contribution in [3.8, 4) is 0 Å². The van der Waals surface area contributed by atoms with Crippen LogP contribution in [0.1, 0.15) is 37.2 Å². The second kappa shape index (κ2) is 4.76. The van der Waals surface area contributed by atoms with Crippen molar-refractivity contribution in [3.05, 3.63) is 35.9 Å². The van der Waals surface area contributed by atoms with Gasteiger partial charge in [0, 0.05) is 10.7 Å². The SMILES string of the molecule is O=S(=O)(Cl)C1CCC(c2ccccc2)CC1. The zero-order valence-electron chi connectivity index (χ0n) is 8.97. The van der Waals surface area contributed by atoms with Crippen LogP contribution in [-0.2, 0) is 9.05 Å². The molecular formula is C12H15ClO2S. The number of hydrogen-bond donors (Lipinski definition) is 0. The first-order valence-electron chi connectivity index (χ1n) is 5.56. The first-order valence-corrected chi connectivity index (χ1v) is 7.93. The highest BCUT2D eigenvalue weighted by molar-refractivity contribution is 8.14. The minimum absolute atomic E-state index is 0.339. The number of rotatable bonds is 2. The summed E-state index contributed by atoms with van der Waals surface area (Å²) in [5, 5.41) is -0.339. The Hall–Kier alpha value is -0.540. The van der Waals surface area contributed by atoms with Crippen LogP contribution in [0.15, 0.2) is 30.3 Å². The third-order valence-corrected chi connectivity index (χ3v) is 5.37. The molecule has 1 fully saturated rings. The van der Waals surface area contributed by atoms with Crippen molar-refractivity contribution in [2.24, 2.45) is 0 Å². The minimum atomic E-state index is -3.36. The molecule has 0 amide bonds. The fraction of sp³-hybridized carbons (Fsp3) is 0.500. The van der Waals surface area contributed by atoms with Gasteiger partial charge in [0.05, 0.1) is 5.25 Å². The number of benzene rings is 1. The van der Waals surface area contributed by atoms with Crippen molar-refractivity contribution in [1.82, 2.24) is 0 Å². The lowest BCUT2D eigenvalue weighted by atomic mass is 9.84. The summed E-state index contributed by atoms with van der Waals surface area (Å²) in [4.78, 5) is 0. The van der Waals surface area contributed by atoms with Gasteiger partial charge in [0.1, 0.15) is 0 Å². The Bertz CT molecular complexity index is 433. The molecule has 0 saturated heterocycles. The minimum Gasteiger partial charge on any atom is -0.212 e. The smallest absolute Gasteiger partial charge is 0.212 e. The third-order valence-electron chi connectivity index (χ3n) is 3.34. The largest absolute Gasteiger partial charge is 0.235 e. The molecule has 4 heteroatoms. The second-order valence-corrected chi connectivity index (χ2v) is 7.27. The van der Waals surface area contributed by atoms with Gasteiger partial charge >= 0.3 is 0 Å². The zero-order valence-corrected chi connectivity index (χ0v) is 10.5. The summed E-state index contributed by atoms with van der Waals surface area (Å²) in [6.07, 6.45) is 3.21. The number of halogens is 1. The van der Waals surface area contributed by atoms with Crippen LogP contribution >= 0.6 is 10.7 Å². The van der Waals surface area contributed by atoms with Crippen LogP contribution in [0.2, 0.25) is 0 Å². The molecule has 1 aliphatic carbocycles. The van der Waals surface area contributed by atoms with Crippen LogP contribution in [0, 0.1) is 0 Å². The molecule has 0 spiro atoms. The van der Waals surface area contributed by atoms with Crippen molar-refractivity contribution < 1.29 is 8.42 Å². The maximum Gasteiger partial charge on any atom is 0.235 e. The van der Waals surface area contributed by atoms with Crippen LogP contribution in [0.3, 0.4) is 0 Å². The van der Waals surface area contributed by atoms with E-state index in [0.29, 0.717) is 18.8 Å². The van der Waals surface area contributed by atoms with Gasteiger partial charge in [-0.3, -0.25) is 0 Å². The molecule has 0 N–H and O–H groups in total. The predicted molar refractivity (Wildman–Crippen MR) is 66.2 cm³/mol. The van der Waals surface area contributed by atoms with Crippen LogP contribution in [-0.4, -0.2) is 13.7 Å². The van der Waals surface area contributed by atoms with Gasteiger partial charge in [-0.05, 0) is 37.2 Å². The molecule has 2 rings (SSSR count). The molecule has 88 valence electrons. The van der Waals surface area contributed by atoms with Gasteiger partial charge in [-0.15, -0.1) is 0 Å². The molecule has 0 atom stereocenters. The molecule has 1 aromatic rings. The highest BCUT2D eigenvalue weighted by Crippen LogP contribution is 2.36. The van der Waals surface area contributed by atoms with Crippen LogP contribution in [0.25, 0.3) is 0 Å². The van der Waals surface area contributed by atoms with Gasteiger partial charge in [0.25, 0.3) is 0 Å². The quantitative estimate of drug-likeness (QED) is 0.763. The molecule has 0 aliphatic heterocycles. The Morgan fingerprint density at radius 3 is 2.06 bits per heavy atom. The van der Waals surface area contributed by atoms with Crippen molar-refractivity contribution in [2.45, 2.75) is 36.9 Å². The maximum atomic E-state index is 11.2. The molecule has 16 heavy (non-hydrogen) atoms. The molecule has 0 bridgehead atoms. The van der Waals surface area contributed by atoms with E-state index >= 15 is 0 Å². The molecule has 1 aromatic carbocycles. The monoisotopic (exact) mass is 258 g/mol. The van der Waals surface area contributed by atoms with Crippen LogP contribution in [0.4, 0.5) is 0 Å². The van der Waals surface area contributed by atoms with E-state index < -0.39 is 9.05 Å². The fourth-order valence-corrected chi connectivity index (χ4v) is 3.77. The Balaban J connectivity index is 2.01. The topological polar surface area (TPSA) is 34.1 Å². The van der Waals surface area contributed by atoms with E-state index in [0.717, 1.165) is 12.8 Å². The fourth-order valence-electron chi connectivity index (χ4n) is 2.40. The molecule has 0 unspecified atom stereocenters. The molecule has 0 aromatic heterocycles. The molecule has 0 radical (unpaired) electrons. The average Bonchev–Trinajstić information content (AvgIpc) is 2.29. The summed E-state index contributed by atoms with van der Waals surface area (Å²) < 4.78 is 22.4. The third kappa shape index (κ3) is 2.77. The lowest BCUT2D eigenvalue weighted by Gasteiger charge is -2.26. The summed E-state index contributed by atoms with van der Waals surface area (Å²) >= 11 is 0. The zero-order chi connectivity index (χ0) is 11.6. The normalized spacial score (nSPS) is 26.6. The molecule has 0 heterocycles. The Kier molecular flexibility index (Phi) is 3.55. The number of hydrogen-bond acceptors (Lipinski definition) is 2. The van der Waals surface area contributed by atoms with Crippen molar-refractivity contribution in [3.63, 3.8) is 0 Å². The molecular weight excluding hydrogens is 244 g/mol. The lowest BCUT2D eigenvalue weighted by molar-refractivity contribution is 0.439.